The van der Waals surface area contributed by atoms with Gasteiger partial charge in [-0.3, -0.25) is 4.79 Å². The van der Waals surface area contributed by atoms with E-state index in [1.165, 1.54) is 12.1 Å². The van der Waals surface area contributed by atoms with E-state index in [1.54, 1.807) is 21.1 Å². The van der Waals surface area contributed by atoms with E-state index in [0.717, 1.165) is 0 Å². The lowest BCUT2D eigenvalue weighted by Crippen LogP contribution is -2.13. The lowest BCUT2D eigenvalue weighted by molar-refractivity contribution is -0.105. The highest BCUT2D eigenvalue weighted by Gasteiger charge is 2.18. The average molecular weight is 341 g/mol. The summed E-state index contributed by atoms with van der Waals surface area (Å²) >= 11 is 0. The maximum Gasteiger partial charge on any atom is 0.340 e. The van der Waals surface area contributed by atoms with Gasteiger partial charge in [-0.15, -0.1) is 0 Å². The van der Waals surface area contributed by atoms with Gasteiger partial charge in [0.15, 0.2) is 11.5 Å². The summed E-state index contributed by atoms with van der Waals surface area (Å²) in [5, 5.41) is 2.47. The highest BCUT2D eigenvalue weighted by atomic mass is 16.6. The Hall–Kier alpha value is -2.32. The molecule has 0 fully saturated rings. The van der Waals surface area contributed by atoms with Crippen molar-refractivity contribution in [3.63, 3.8) is 0 Å². The third-order valence-corrected chi connectivity index (χ3v) is 2.88. The molecule has 1 amide bonds. The molecule has 0 saturated carbocycles. The van der Waals surface area contributed by atoms with Gasteiger partial charge in [0.2, 0.25) is 6.41 Å². The second-order valence-corrected chi connectivity index (χ2v) is 4.51. The Kier molecular flexibility index (Phi) is 9.25. The molecule has 0 saturated heterocycles. The number of carbonyl (C=O) groups is 2. The summed E-state index contributed by atoms with van der Waals surface area (Å²) in [7, 11) is 3.11. The quantitative estimate of drug-likeness (QED) is 0.350. The van der Waals surface area contributed by atoms with Crippen LogP contribution in [0.3, 0.4) is 0 Å². The van der Waals surface area contributed by atoms with Crippen molar-refractivity contribution in [3.05, 3.63) is 17.7 Å². The van der Waals surface area contributed by atoms with Crippen molar-refractivity contribution in [2.24, 2.45) is 0 Å². The van der Waals surface area contributed by atoms with E-state index in [2.05, 4.69) is 5.32 Å². The normalized spacial score (nSPS) is 10.1. The van der Waals surface area contributed by atoms with E-state index < -0.39 is 5.97 Å². The number of benzene rings is 1. The smallest absolute Gasteiger partial charge is 0.340 e. The van der Waals surface area contributed by atoms with Crippen LogP contribution >= 0.6 is 0 Å². The van der Waals surface area contributed by atoms with Crippen molar-refractivity contribution < 1.29 is 33.3 Å². The monoisotopic (exact) mass is 341 g/mol. The molecule has 0 aromatic heterocycles. The molecule has 1 aromatic carbocycles. The minimum absolute atomic E-state index is 0.176. The third kappa shape index (κ3) is 6.05. The molecule has 0 atom stereocenters. The summed E-state index contributed by atoms with van der Waals surface area (Å²) in [5.74, 6) is 0.157. The number of esters is 1. The number of hydrogen-bond acceptors (Lipinski definition) is 7. The predicted molar refractivity (Wildman–Crippen MR) is 86.8 cm³/mol. The molecule has 8 heteroatoms. The highest BCUT2D eigenvalue weighted by Crippen LogP contribution is 2.34. The molecule has 1 N–H and O–H groups in total. The van der Waals surface area contributed by atoms with Crippen LogP contribution in [0.2, 0.25) is 0 Å². The summed E-state index contributed by atoms with van der Waals surface area (Å²) in [4.78, 5) is 22.9. The Labute approximate surface area is 141 Å². The molecule has 0 unspecified atom stereocenters. The SMILES string of the molecule is CCOC(=O)c1cc(OCCOC)c(OCCOC)cc1NC=O. The van der Waals surface area contributed by atoms with Gasteiger partial charge in [-0.2, -0.15) is 0 Å². The van der Waals surface area contributed by atoms with Crippen molar-refractivity contribution >= 4 is 18.1 Å². The van der Waals surface area contributed by atoms with Gasteiger partial charge in [0.05, 0.1) is 31.1 Å². The van der Waals surface area contributed by atoms with E-state index in [4.69, 9.17) is 23.7 Å². The first kappa shape index (κ1) is 19.7. The molecule has 0 aliphatic rings. The summed E-state index contributed by atoms with van der Waals surface area (Å²) in [6.45, 7) is 3.23. The zero-order valence-electron chi connectivity index (χ0n) is 14.1. The van der Waals surface area contributed by atoms with Crippen molar-refractivity contribution in [2.45, 2.75) is 6.92 Å². The van der Waals surface area contributed by atoms with Crippen LogP contribution in [0.5, 0.6) is 11.5 Å². The van der Waals surface area contributed by atoms with Gasteiger partial charge < -0.3 is 29.0 Å². The van der Waals surface area contributed by atoms with Crippen LogP contribution in [0.1, 0.15) is 17.3 Å². The first-order chi connectivity index (χ1) is 11.7. The maximum absolute atomic E-state index is 12.1. The van der Waals surface area contributed by atoms with Gasteiger partial charge in [0, 0.05) is 26.4 Å². The lowest BCUT2D eigenvalue weighted by atomic mass is 10.1. The van der Waals surface area contributed by atoms with Gasteiger partial charge in [-0.1, -0.05) is 0 Å². The number of hydrogen-bond donors (Lipinski definition) is 1. The molecular formula is C16H23NO7. The van der Waals surface area contributed by atoms with E-state index >= 15 is 0 Å². The first-order valence-corrected chi connectivity index (χ1v) is 7.46. The summed E-state index contributed by atoms with van der Waals surface area (Å²) in [5.41, 5.74) is 0.449. The van der Waals surface area contributed by atoms with Gasteiger partial charge in [0.1, 0.15) is 13.2 Å². The molecule has 1 aromatic rings. The topological polar surface area (TPSA) is 92.3 Å². The van der Waals surface area contributed by atoms with E-state index in [9.17, 15) is 9.59 Å². The molecule has 0 bridgehead atoms. The number of ether oxygens (including phenoxy) is 5. The standard InChI is InChI=1S/C16H23NO7/c1-4-22-16(19)12-9-14(23-7-5-20-2)15(24-8-6-21-3)10-13(12)17-11-18/h9-11H,4-8H2,1-3H3,(H,17,18). The number of rotatable bonds is 12. The average Bonchev–Trinajstić information content (AvgIpc) is 2.57. The van der Waals surface area contributed by atoms with Crippen LogP contribution < -0.4 is 14.8 Å². The molecular weight excluding hydrogens is 318 g/mol. The van der Waals surface area contributed by atoms with E-state index in [1.807, 2.05) is 0 Å². The van der Waals surface area contributed by atoms with Gasteiger partial charge >= 0.3 is 5.97 Å². The molecule has 0 spiro atoms. The number of methoxy groups -OCH3 is 2. The number of nitrogens with one attached hydrogen (secondary N) is 1. The van der Waals surface area contributed by atoms with Crippen molar-refractivity contribution in [1.82, 2.24) is 0 Å². The van der Waals surface area contributed by atoms with Crippen LogP contribution in [-0.4, -0.2) is 59.6 Å². The van der Waals surface area contributed by atoms with Crippen LogP contribution in [0.4, 0.5) is 5.69 Å². The van der Waals surface area contributed by atoms with Crippen molar-refractivity contribution in [3.8, 4) is 11.5 Å². The largest absolute Gasteiger partial charge is 0.487 e. The van der Waals surface area contributed by atoms with Crippen LogP contribution in [0.15, 0.2) is 12.1 Å². The summed E-state index contributed by atoms with van der Waals surface area (Å²) in [6, 6.07) is 2.99. The molecule has 0 aliphatic heterocycles. The second kappa shape index (κ2) is 11.3. The zero-order valence-corrected chi connectivity index (χ0v) is 14.1. The van der Waals surface area contributed by atoms with Crippen LogP contribution in [-0.2, 0) is 19.0 Å². The Balaban J connectivity index is 3.14. The molecule has 134 valence electrons. The van der Waals surface area contributed by atoms with E-state index in [0.29, 0.717) is 31.1 Å². The zero-order chi connectivity index (χ0) is 17.8. The van der Waals surface area contributed by atoms with Gasteiger partial charge in [0.25, 0.3) is 0 Å². The predicted octanol–water partition coefficient (Wildman–Crippen LogP) is 1.48. The Bertz CT molecular complexity index is 533. The van der Waals surface area contributed by atoms with Crippen molar-refractivity contribution in [1.29, 1.82) is 0 Å². The lowest BCUT2D eigenvalue weighted by Gasteiger charge is -2.16. The van der Waals surface area contributed by atoms with Crippen LogP contribution in [0, 0.1) is 0 Å². The Morgan fingerprint density at radius 1 is 1.04 bits per heavy atom. The Morgan fingerprint density at radius 3 is 2.12 bits per heavy atom. The molecule has 1 rings (SSSR count). The fraction of sp³-hybridized carbons (Fsp3) is 0.500. The molecule has 0 radical (unpaired) electrons. The first-order valence-electron chi connectivity index (χ1n) is 7.46. The minimum atomic E-state index is -0.568. The number of anilines is 1. The van der Waals surface area contributed by atoms with E-state index in [-0.39, 0.29) is 31.1 Å². The highest BCUT2D eigenvalue weighted by molar-refractivity contribution is 5.98. The molecule has 0 heterocycles. The summed E-state index contributed by atoms with van der Waals surface area (Å²) < 4.78 is 26.1. The third-order valence-electron chi connectivity index (χ3n) is 2.88. The summed E-state index contributed by atoms with van der Waals surface area (Å²) in [6.07, 6.45) is 0.475. The minimum Gasteiger partial charge on any atom is -0.487 e. The fourth-order valence-corrected chi connectivity index (χ4v) is 1.82. The molecule has 8 nitrogen and oxygen atoms in total. The second-order valence-electron chi connectivity index (χ2n) is 4.51. The number of carbonyl (C=O) groups excluding carboxylic acids is 2. The number of amides is 1. The van der Waals surface area contributed by atoms with Crippen molar-refractivity contribution in [2.75, 3.05) is 52.6 Å². The Morgan fingerprint density at radius 2 is 1.62 bits per heavy atom. The van der Waals surface area contributed by atoms with Crippen LogP contribution in [0.25, 0.3) is 0 Å². The molecule has 24 heavy (non-hydrogen) atoms. The van der Waals surface area contributed by atoms with Gasteiger partial charge in [-0.05, 0) is 6.92 Å². The van der Waals surface area contributed by atoms with Gasteiger partial charge in [-0.25, -0.2) is 4.79 Å². The molecule has 0 aliphatic carbocycles. The fourth-order valence-electron chi connectivity index (χ4n) is 1.82. The maximum atomic E-state index is 12.1.